The van der Waals surface area contributed by atoms with Crippen LogP contribution in [0.4, 0.5) is 0 Å². The average molecular weight is 652 g/mol. The third-order valence-electron chi connectivity index (χ3n) is 9.14. The van der Waals surface area contributed by atoms with Crippen molar-refractivity contribution in [3.63, 3.8) is 0 Å². The fourth-order valence-corrected chi connectivity index (χ4v) is 9.33. The summed E-state index contributed by atoms with van der Waals surface area (Å²) in [6.45, 7) is 3.86. The molecule has 3 aromatic rings. The average Bonchev–Trinajstić information content (AvgIpc) is 3.83. The summed E-state index contributed by atoms with van der Waals surface area (Å²) >= 11 is 1.53. The highest BCUT2D eigenvalue weighted by atomic mass is 32.2. The number of carbonyl (C=O) groups is 2. The van der Waals surface area contributed by atoms with Crippen LogP contribution >= 0.6 is 11.3 Å². The number of sulfone groups is 1. The van der Waals surface area contributed by atoms with Crippen molar-refractivity contribution in [3.05, 3.63) is 86.9 Å². The Morgan fingerprint density at radius 1 is 1.11 bits per heavy atom. The lowest BCUT2D eigenvalue weighted by Crippen LogP contribution is -2.52. The van der Waals surface area contributed by atoms with E-state index in [1.54, 1.807) is 23.1 Å². The van der Waals surface area contributed by atoms with E-state index in [-0.39, 0.29) is 41.4 Å². The highest BCUT2D eigenvalue weighted by Gasteiger charge is 2.36. The molecule has 45 heavy (non-hydrogen) atoms. The second-order valence-electron chi connectivity index (χ2n) is 12.4. The number of thiazole rings is 1. The molecule has 0 radical (unpaired) electrons. The van der Waals surface area contributed by atoms with Gasteiger partial charge in [-0.2, -0.15) is 0 Å². The standard InChI is InChI=1S/C33H41N5O5S2/c1-21-20-44-32(36-21)28-10-6-13-38(28)33(41)25-17-23(29-19-34-12-14-45(29,42)43)16-24(18-25)31(40)37-27(15-22-7-3-2-4-8-22)30(39)26-9-5-11-35-26/h2-4,7-8,16-18,20,26-30,34-35,39H,5-6,9-15,19H2,1H3,(H,37,40)/t26-,27+,28-,29?,30+/m1/s1. The zero-order valence-electron chi connectivity index (χ0n) is 25.4. The number of benzene rings is 2. The maximum Gasteiger partial charge on any atom is 0.254 e. The van der Waals surface area contributed by atoms with E-state index >= 15 is 0 Å². The molecule has 10 nitrogen and oxygen atoms in total. The molecule has 0 spiro atoms. The molecule has 3 aliphatic rings. The summed E-state index contributed by atoms with van der Waals surface area (Å²) in [6.07, 6.45) is 2.96. The van der Waals surface area contributed by atoms with Crippen LogP contribution in [0.2, 0.25) is 0 Å². The highest BCUT2D eigenvalue weighted by molar-refractivity contribution is 7.91. The van der Waals surface area contributed by atoms with Crippen LogP contribution in [-0.4, -0.2) is 85.3 Å². The van der Waals surface area contributed by atoms with Crippen LogP contribution in [0.15, 0.2) is 53.9 Å². The van der Waals surface area contributed by atoms with Crippen molar-refractivity contribution in [1.29, 1.82) is 0 Å². The number of rotatable bonds is 9. The molecule has 6 rings (SSSR count). The van der Waals surface area contributed by atoms with E-state index in [0.717, 1.165) is 48.5 Å². The van der Waals surface area contributed by atoms with Crippen LogP contribution in [0.1, 0.15) is 79.5 Å². The largest absolute Gasteiger partial charge is 0.389 e. The summed E-state index contributed by atoms with van der Waals surface area (Å²) in [5, 5.41) is 22.9. The first-order valence-electron chi connectivity index (χ1n) is 15.8. The molecule has 1 aromatic heterocycles. The van der Waals surface area contributed by atoms with Crippen molar-refractivity contribution in [2.45, 2.75) is 68.5 Å². The number of likely N-dealkylation sites (tertiary alicyclic amines) is 1. The van der Waals surface area contributed by atoms with E-state index in [2.05, 4.69) is 20.9 Å². The molecule has 0 bridgehead atoms. The lowest BCUT2D eigenvalue weighted by Gasteiger charge is -2.29. The van der Waals surface area contributed by atoms with Crippen molar-refractivity contribution in [2.75, 3.05) is 31.9 Å². The van der Waals surface area contributed by atoms with Gasteiger partial charge in [0.15, 0.2) is 9.84 Å². The fourth-order valence-electron chi connectivity index (χ4n) is 6.75. The van der Waals surface area contributed by atoms with Crippen molar-refractivity contribution in [2.24, 2.45) is 0 Å². The second-order valence-corrected chi connectivity index (χ2v) is 15.5. The van der Waals surface area contributed by atoms with Crippen molar-refractivity contribution >= 4 is 33.0 Å². The molecule has 3 fully saturated rings. The number of nitrogens with zero attached hydrogens (tertiary/aromatic N) is 2. The second kappa shape index (κ2) is 13.7. The molecule has 0 saturated carbocycles. The minimum absolute atomic E-state index is 0.0191. The molecular weight excluding hydrogens is 611 g/mol. The quantitative estimate of drug-likeness (QED) is 0.277. The van der Waals surface area contributed by atoms with Gasteiger partial charge in [0.1, 0.15) is 5.01 Å². The summed E-state index contributed by atoms with van der Waals surface area (Å²) in [5.41, 5.74) is 2.77. The number of nitrogens with one attached hydrogen (secondary N) is 3. The van der Waals surface area contributed by atoms with Gasteiger partial charge in [0.2, 0.25) is 0 Å². The van der Waals surface area contributed by atoms with Gasteiger partial charge >= 0.3 is 0 Å². The van der Waals surface area contributed by atoms with Gasteiger partial charge in [-0.15, -0.1) is 11.3 Å². The number of aliphatic hydroxyl groups is 1. The Labute approximate surface area is 268 Å². The van der Waals surface area contributed by atoms with Gasteiger partial charge in [0.05, 0.1) is 29.2 Å². The van der Waals surface area contributed by atoms with Crippen molar-refractivity contribution < 1.29 is 23.1 Å². The maximum absolute atomic E-state index is 14.1. The SMILES string of the molecule is Cc1csc([C@H]2CCCN2C(=O)c2cc(C(=O)N[C@@H](Cc3ccccc3)[C@@H](O)[C@H]3CCCN3)cc(C3CNCCS3(=O)=O)c2)n1. The number of aryl methyl sites for hydroxylation is 1. The van der Waals surface area contributed by atoms with E-state index < -0.39 is 33.1 Å². The topological polar surface area (TPSA) is 141 Å². The lowest BCUT2D eigenvalue weighted by atomic mass is 9.94. The summed E-state index contributed by atoms with van der Waals surface area (Å²) in [6, 6.07) is 13.6. The van der Waals surface area contributed by atoms with Gasteiger partial charge in [-0.25, -0.2) is 13.4 Å². The summed E-state index contributed by atoms with van der Waals surface area (Å²) in [7, 11) is -3.50. The van der Waals surface area contributed by atoms with E-state index in [9.17, 15) is 23.1 Å². The van der Waals surface area contributed by atoms with Gasteiger partial charge in [-0.05, 0) is 74.9 Å². The molecule has 240 valence electrons. The van der Waals surface area contributed by atoms with Gasteiger partial charge in [0, 0.05) is 47.9 Å². The van der Waals surface area contributed by atoms with Gasteiger partial charge in [0.25, 0.3) is 11.8 Å². The van der Waals surface area contributed by atoms with E-state index in [1.807, 2.05) is 42.6 Å². The Hall–Kier alpha value is -3.16. The Balaban J connectivity index is 1.34. The minimum atomic E-state index is -3.50. The van der Waals surface area contributed by atoms with Crippen LogP contribution < -0.4 is 16.0 Å². The third-order valence-corrected chi connectivity index (χ3v) is 12.3. The molecule has 4 N–H and O–H groups in total. The number of aliphatic hydroxyl groups excluding tert-OH is 1. The van der Waals surface area contributed by atoms with Crippen LogP contribution in [0.5, 0.6) is 0 Å². The molecule has 3 aliphatic heterocycles. The first kappa shape index (κ1) is 31.8. The molecular formula is C33H41N5O5S2. The Morgan fingerprint density at radius 3 is 2.62 bits per heavy atom. The third kappa shape index (κ3) is 7.15. The molecule has 5 atom stereocenters. The van der Waals surface area contributed by atoms with Gasteiger partial charge in [-0.3, -0.25) is 9.59 Å². The van der Waals surface area contributed by atoms with Crippen molar-refractivity contribution in [3.8, 4) is 0 Å². The number of hydrogen-bond acceptors (Lipinski definition) is 9. The first-order chi connectivity index (χ1) is 21.7. The molecule has 2 amide bonds. The van der Waals surface area contributed by atoms with E-state index in [4.69, 9.17) is 0 Å². The summed E-state index contributed by atoms with van der Waals surface area (Å²) in [4.78, 5) is 34.5. The number of carbonyl (C=O) groups excluding carboxylic acids is 2. The lowest BCUT2D eigenvalue weighted by molar-refractivity contribution is 0.0733. The molecule has 2 aromatic carbocycles. The maximum atomic E-state index is 14.1. The van der Waals surface area contributed by atoms with Crippen LogP contribution in [0.3, 0.4) is 0 Å². The van der Waals surface area contributed by atoms with Crippen LogP contribution in [0, 0.1) is 6.92 Å². The van der Waals surface area contributed by atoms with Crippen LogP contribution in [-0.2, 0) is 16.3 Å². The van der Waals surface area contributed by atoms with Gasteiger partial charge in [-0.1, -0.05) is 30.3 Å². The smallest absolute Gasteiger partial charge is 0.254 e. The van der Waals surface area contributed by atoms with E-state index in [1.165, 1.54) is 11.3 Å². The Bertz CT molecular complexity index is 1620. The predicted molar refractivity (Wildman–Crippen MR) is 174 cm³/mol. The predicted octanol–water partition coefficient (Wildman–Crippen LogP) is 2.94. The highest BCUT2D eigenvalue weighted by Crippen LogP contribution is 2.36. The van der Waals surface area contributed by atoms with Crippen LogP contribution in [0.25, 0.3) is 0 Å². The number of aromatic nitrogens is 1. The molecule has 3 saturated heterocycles. The number of hydrogen-bond donors (Lipinski definition) is 4. The monoisotopic (exact) mass is 651 g/mol. The molecule has 0 aliphatic carbocycles. The zero-order valence-corrected chi connectivity index (χ0v) is 27.1. The zero-order chi connectivity index (χ0) is 31.6. The first-order valence-corrected chi connectivity index (χ1v) is 18.4. The summed E-state index contributed by atoms with van der Waals surface area (Å²) in [5.74, 6) is -0.730. The summed E-state index contributed by atoms with van der Waals surface area (Å²) < 4.78 is 26.3. The minimum Gasteiger partial charge on any atom is -0.389 e. The Kier molecular flexibility index (Phi) is 9.67. The number of amides is 2. The molecule has 1 unspecified atom stereocenters. The molecule has 4 heterocycles. The molecule has 12 heteroatoms. The fraction of sp³-hybridized carbons (Fsp3) is 0.485. The van der Waals surface area contributed by atoms with Gasteiger partial charge < -0.3 is 26.0 Å². The van der Waals surface area contributed by atoms with E-state index in [0.29, 0.717) is 25.1 Å². The van der Waals surface area contributed by atoms with Crippen molar-refractivity contribution in [1.82, 2.24) is 25.8 Å². The Morgan fingerprint density at radius 2 is 1.91 bits per heavy atom. The normalized spacial score (nSPS) is 24.3.